The van der Waals surface area contributed by atoms with E-state index in [4.69, 9.17) is 0 Å². The number of rotatable bonds is 5. The summed E-state index contributed by atoms with van der Waals surface area (Å²) in [7, 11) is 1.92. The Kier molecular flexibility index (Phi) is 5.39. The van der Waals surface area contributed by atoms with Crippen molar-refractivity contribution >= 4 is 27.6 Å². The zero-order chi connectivity index (χ0) is 18.6. The van der Waals surface area contributed by atoms with E-state index < -0.39 is 0 Å². The summed E-state index contributed by atoms with van der Waals surface area (Å²) in [5.41, 5.74) is 3.88. The van der Waals surface area contributed by atoms with E-state index in [0.717, 1.165) is 42.6 Å². The number of likely N-dealkylation sites (N-methyl/N-ethyl adjacent to an activating group) is 1. The zero-order valence-corrected chi connectivity index (χ0v) is 16.5. The smallest absolute Gasteiger partial charge is 0.317 e. The van der Waals surface area contributed by atoms with Crippen LogP contribution in [0.3, 0.4) is 0 Å². The molecule has 1 heterocycles. The molecule has 27 heavy (non-hydrogen) atoms. The molecule has 140 valence electrons. The molecule has 0 bridgehead atoms. The largest absolute Gasteiger partial charge is 0.338 e. The second-order valence-corrected chi connectivity index (χ2v) is 8.30. The molecule has 4 nitrogen and oxygen atoms in total. The number of thiazole rings is 1. The molecular weight excluding hydrogens is 354 g/mol. The third-order valence-electron chi connectivity index (χ3n) is 5.37. The standard InChI is InChI=1S/C22H25N3OS/c1-25(18-13-12-16-7-2-3-8-17(16)15-18)22(26)23-14-6-11-21-24-19-9-4-5-10-20(19)27-21/h2-5,7-10,18H,6,11-15H2,1H3,(H,23,26). The summed E-state index contributed by atoms with van der Waals surface area (Å²) in [5, 5.41) is 4.21. The van der Waals surface area contributed by atoms with Gasteiger partial charge in [0.2, 0.25) is 0 Å². The molecule has 1 aliphatic rings. The normalized spacial score (nSPS) is 16.1. The van der Waals surface area contributed by atoms with Crippen LogP contribution in [-0.2, 0) is 19.3 Å². The Morgan fingerprint density at radius 2 is 1.96 bits per heavy atom. The van der Waals surface area contributed by atoms with Crippen molar-refractivity contribution in [2.24, 2.45) is 0 Å². The molecule has 0 radical (unpaired) electrons. The van der Waals surface area contributed by atoms with Gasteiger partial charge < -0.3 is 10.2 Å². The molecule has 1 atom stereocenters. The number of carbonyl (C=O) groups is 1. The van der Waals surface area contributed by atoms with E-state index in [1.54, 1.807) is 11.3 Å². The monoisotopic (exact) mass is 379 g/mol. The SMILES string of the molecule is CN(C(=O)NCCCc1nc2ccccc2s1)C1CCc2ccccc2C1. The quantitative estimate of drug-likeness (QED) is 0.667. The Morgan fingerprint density at radius 3 is 2.81 bits per heavy atom. The number of para-hydroxylation sites is 1. The number of urea groups is 1. The number of fused-ring (bicyclic) bond motifs is 2. The first kappa shape index (κ1) is 18.0. The summed E-state index contributed by atoms with van der Waals surface area (Å²) in [6, 6.07) is 17.1. The Labute approximate surface area is 164 Å². The van der Waals surface area contributed by atoms with Crippen LogP contribution >= 0.6 is 11.3 Å². The lowest BCUT2D eigenvalue weighted by Gasteiger charge is -2.32. The van der Waals surface area contributed by atoms with Gasteiger partial charge in [0.25, 0.3) is 0 Å². The number of nitrogens with zero attached hydrogens (tertiary/aromatic N) is 2. The molecule has 2 amide bonds. The van der Waals surface area contributed by atoms with E-state index in [-0.39, 0.29) is 12.1 Å². The second kappa shape index (κ2) is 8.09. The third-order valence-corrected chi connectivity index (χ3v) is 6.47. The van der Waals surface area contributed by atoms with Gasteiger partial charge in [-0.1, -0.05) is 36.4 Å². The molecule has 5 heteroatoms. The second-order valence-electron chi connectivity index (χ2n) is 7.19. The van der Waals surface area contributed by atoms with Crippen LogP contribution in [0.4, 0.5) is 4.79 Å². The number of amides is 2. The van der Waals surface area contributed by atoms with Crippen LogP contribution in [0.15, 0.2) is 48.5 Å². The lowest BCUT2D eigenvalue weighted by Crippen LogP contribution is -2.46. The molecule has 1 aromatic heterocycles. The zero-order valence-electron chi connectivity index (χ0n) is 15.6. The van der Waals surface area contributed by atoms with Crippen LogP contribution in [0.25, 0.3) is 10.2 Å². The Hall–Kier alpha value is -2.40. The Balaban J connectivity index is 1.24. The van der Waals surface area contributed by atoms with E-state index >= 15 is 0 Å². The predicted molar refractivity (Wildman–Crippen MR) is 111 cm³/mol. The molecule has 0 saturated carbocycles. The predicted octanol–water partition coefficient (Wildman–Crippen LogP) is 4.43. The van der Waals surface area contributed by atoms with E-state index in [2.05, 4.69) is 40.6 Å². The van der Waals surface area contributed by atoms with Crippen LogP contribution in [0.5, 0.6) is 0 Å². The molecule has 0 aliphatic heterocycles. The Morgan fingerprint density at radius 1 is 1.19 bits per heavy atom. The highest BCUT2D eigenvalue weighted by atomic mass is 32.1. The van der Waals surface area contributed by atoms with Gasteiger partial charge in [0, 0.05) is 26.1 Å². The molecule has 1 unspecified atom stereocenters. The third kappa shape index (κ3) is 4.14. The molecule has 3 aromatic rings. The maximum Gasteiger partial charge on any atom is 0.317 e. The Bertz CT molecular complexity index is 903. The van der Waals surface area contributed by atoms with Crippen LogP contribution in [-0.4, -0.2) is 35.5 Å². The number of hydrogen-bond acceptors (Lipinski definition) is 3. The highest BCUT2D eigenvalue weighted by Crippen LogP contribution is 2.24. The molecule has 2 aromatic carbocycles. The van der Waals surface area contributed by atoms with E-state index in [9.17, 15) is 4.79 Å². The lowest BCUT2D eigenvalue weighted by atomic mass is 9.88. The lowest BCUT2D eigenvalue weighted by molar-refractivity contribution is 0.184. The minimum atomic E-state index is 0.0312. The molecular formula is C22H25N3OS. The van der Waals surface area contributed by atoms with Gasteiger partial charge in [-0.3, -0.25) is 0 Å². The summed E-state index contributed by atoms with van der Waals surface area (Å²) < 4.78 is 1.23. The van der Waals surface area contributed by atoms with Crippen molar-refractivity contribution in [3.63, 3.8) is 0 Å². The number of nitrogens with one attached hydrogen (secondary N) is 1. The number of hydrogen-bond donors (Lipinski definition) is 1. The summed E-state index contributed by atoms with van der Waals surface area (Å²) in [6.45, 7) is 0.683. The van der Waals surface area contributed by atoms with Crippen molar-refractivity contribution in [3.8, 4) is 0 Å². The number of aryl methyl sites for hydroxylation is 2. The maximum absolute atomic E-state index is 12.5. The van der Waals surface area contributed by atoms with Crippen molar-refractivity contribution in [1.29, 1.82) is 0 Å². The number of aromatic nitrogens is 1. The average Bonchev–Trinajstić information content (AvgIpc) is 3.13. The molecule has 0 fully saturated rings. The van der Waals surface area contributed by atoms with E-state index in [0.29, 0.717) is 6.54 Å². The van der Waals surface area contributed by atoms with Gasteiger partial charge in [-0.25, -0.2) is 9.78 Å². The van der Waals surface area contributed by atoms with Crippen molar-refractivity contribution < 1.29 is 4.79 Å². The van der Waals surface area contributed by atoms with Crippen LogP contribution in [0, 0.1) is 0 Å². The van der Waals surface area contributed by atoms with E-state index in [1.807, 2.05) is 30.1 Å². The van der Waals surface area contributed by atoms with Crippen LogP contribution in [0.1, 0.15) is 29.0 Å². The van der Waals surface area contributed by atoms with Gasteiger partial charge in [-0.2, -0.15) is 0 Å². The molecule has 0 saturated heterocycles. The topological polar surface area (TPSA) is 45.2 Å². The van der Waals surface area contributed by atoms with Crippen molar-refractivity contribution in [2.75, 3.05) is 13.6 Å². The van der Waals surface area contributed by atoms with Gasteiger partial charge in [-0.05, 0) is 48.9 Å². The first-order chi connectivity index (χ1) is 13.2. The van der Waals surface area contributed by atoms with Crippen molar-refractivity contribution in [1.82, 2.24) is 15.2 Å². The summed E-state index contributed by atoms with van der Waals surface area (Å²) >= 11 is 1.74. The van der Waals surface area contributed by atoms with Gasteiger partial charge in [0.05, 0.1) is 15.2 Å². The van der Waals surface area contributed by atoms with Crippen LogP contribution in [0.2, 0.25) is 0 Å². The maximum atomic E-state index is 12.5. The van der Waals surface area contributed by atoms with Gasteiger partial charge in [0.1, 0.15) is 0 Å². The molecule has 4 rings (SSSR count). The van der Waals surface area contributed by atoms with Crippen molar-refractivity contribution in [3.05, 3.63) is 64.7 Å². The molecule has 1 N–H and O–H groups in total. The first-order valence-corrected chi connectivity index (χ1v) is 10.4. The van der Waals surface area contributed by atoms with E-state index in [1.165, 1.54) is 15.8 Å². The summed E-state index contributed by atoms with van der Waals surface area (Å²) in [6.07, 6.45) is 4.85. The van der Waals surface area contributed by atoms with Gasteiger partial charge in [0.15, 0.2) is 0 Å². The van der Waals surface area contributed by atoms with Crippen LogP contribution < -0.4 is 5.32 Å². The fraction of sp³-hybridized carbons (Fsp3) is 0.364. The highest BCUT2D eigenvalue weighted by Gasteiger charge is 2.24. The summed E-state index contributed by atoms with van der Waals surface area (Å²) in [5.74, 6) is 0. The van der Waals surface area contributed by atoms with Crippen molar-refractivity contribution in [2.45, 2.75) is 38.1 Å². The summed E-state index contributed by atoms with van der Waals surface area (Å²) in [4.78, 5) is 19.0. The molecule has 1 aliphatic carbocycles. The fourth-order valence-electron chi connectivity index (χ4n) is 3.76. The number of benzene rings is 2. The van der Waals surface area contributed by atoms with Gasteiger partial charge >= 0.3 is 6.03 Å². The highest BCUT2D eigenvalue weighted by molar-refractivity contribution is 7.18. The first-order valence-electron chi connectivity index (χ1n) is 9.62. The number of carbonyl (C=O) groups excluding carboxylic acids is 1. The molecule has 0 spiro atoms. The minimum Gasteiger partial charge on any atom is -0.338 e. The fourth-order valence-corrected chi connectivity index (χ4v) is 4.77. The average molecular weight is 380 g/mol. The minimum absolute atomic E-state index is 0.0312. The van der Waals surface area contributed by atoms with Gasteiger partial charge in [-0.15, -0.1) is 11.3 Å².